The van der Waals surface area contributed by atoms with E-state index in [1.807, 2.05) is 17.0 Å². The maximum absolute atomic E-state index is 11.8. The Morgan fingerprint density at radius 1 is 1.07 bits per heavy atom. The SMILES string of the molecule is CN1CCN(C(=O)n2cccc2)CC1. The highest BCUT2D eigenvalue weighted by molar-refractivity contribution is 5.77. The molecule has 0 atom stereocenters. The van der Waals surface area contributed by atoms with Gasteiger partial charge in [-0.2, -0.15) is 0 Å². The third-order valence-corrected chi connectivity index (χ3v) is 2.60. The minimum Gasteiger partial charge on any atom is -0.322 e. The van der Waals surface area contributed by atoms with Crippen molar-refractivity contribution in [3.63, 3.8) is 0 Å². The third kappa shape index (κ3) is 1.80. The Morgan fingerprint density at radius 3 is 2.21 bits per heavy atom. The van der Waals surface area contributed by atoms with E-state index >= 15 is 0 Å². The van der Waals surface area contributed by atoms with Crippen LogP contribution in [0.1, 0.15) is 0 Å². The van der Waals surface area contributed by atoms with Crippen LogP contribution in [0.2, 0.25) is 0 Å². The smallest absolute Gasteiger partial charge is 0.322 e. The first-order valence-electron chi connectivity index (χ1n) is 4.88. The molecule has 2 heterocycles. The van der Waals surface area contributed by atoms with Crippen LogP contribution in [-0.4, -0.2) is 53.6 Å². The summed E-state index contributed by atoms with van der Waals surface area (Å²) in [7, 11) is 2.08. The van der Waals surface area contributed by atoms with E-state index in [0.29, 0.717) is 0 Å². The fraction of sp³-hybridized carbons (Fsp3) is 0.500. The van der Waals surface area contributed by atoms with Crippen molar-refractivity contribution in [1.82, 2.24) is 14.4 Å². The number of rotatable bonds is 0. The molecule has 0 bridgehead atoms. The molecule has 0 unspecified atom stereocenters. The summed E-state index contributed by atoms with van der Waals surface area (Å²) in [5, 5.41) is 0. The van der Waals surface area contributed by atoms with Crippen LogP contribution in [0.4, 0.5) is 4.79 Å². The van der Waals surface area contributed by atoms with Gasteiger partial charge in [0, 0.05) is 38.6 Å². The van der Waals surface area contributed by atoms with E-state index in [1.54, 1.807) is 17.0 Å². The molecule has 4 nitrogen and oxygen atoms in total. The van der Waals surface area contributed by atoms with E-state index < -0.39 is 0 Å². The second-order valence-electron chi connectivity index (χ2n) is 3.66. The molecule has 4 heteroatoms. The van der Waals surface area contributed by atoms with Crippen LogP contribution in [0.15, 0.2) is 24.5 Å². The van der Waals surface area contributed by atoms with Gasteiger partial charge in [-0.25, -0.2) is 4.79 Å². The number of aromatic nitrogens is 1. The van der Waals surface area contributed by atoms with Gasteiger partial charge in [0.2, 0.25) is 0 Å². The molecule has 1 amide bonds. The molecule has 1 saturated heterocycles. The first-order chi connectivity index (χ1) is 6.77. The van der Waals surface area contributed by atoms with Crippen LogP contribution in [0.5, 0.6) is 0 Å². The Labute approximate surface area is 83.7 Å². The van der Waals surface area contributed by atoms with Gasteiger partial charge >= 0.3 is 6.03 Å². The first kappa shape index (κ1) is 9.27. The fourth-order valence-corrected chi connectivity index (χ4v) is 1.62. The topological polar surface area (TPSA) is 28.5 Å². The molecule has 1 aromatic rings. The Hall–Kier alpha value is -1.29. The normalized spacial score (nSPS) is 18.5. The Balaban J connectivity index is 1.99. The van der Waals surface area contributed by atoms with Crippen molar-refractivity contribution in [1.29, 1.82) is 0 Å². The number of amides is 1. The molecule has 0 saturated carbocycles. The molecule has 14 heavy (non-hydrogen) atoms. The lowest BCUT2D eigenvalue weighted by Gasteiger charge is -2.32. The zero-order valence-electron chi connectivity index (χ0n) is 8.39. The lowest BCUT2D eigenvalue weighted by atomic mass is 10.3. The molecule has 1 aliphatic heterocycles. The molecule has 0 N–H and O–H groups in total. The number of hydrogen-bond donors (Lipinski definition) is 0. The van der Waals surface area contributed by atoms with Crippen molar-refractivity contribution in [2.75, 3.05) is 33.2 Å². The molecule has 76 valence electrons. The monoisotopic (exact) mass is 193 g/mol. The van der Waals surface area contributed by atoms with E-state index in [1.165, 1.54) is 0 Å². The number of carbonyl (C=O) groups excluding carboxylic acids is 1. The van der Waals surface area contributed by atoms with Gasteiger partial charge in [0.25, 0.3) is 0 Å². The average Bonchev–Trinajstić information content (AvgIpc) is 2.71. The minimum atomic E-state index is 0.0862. The second-order valence-corrected chi connectivity index (χ2v) is 3.66. The van der Waals surface area contributed by atoms with Crippen molar-refractivity contribution >= 4 is 6.03 Å². The highest BCUT2D eigenvalue weighted by Crippen LogP contribution is 2.03. The molecule has 0 aliphatic carbocycles. The minimum absolute atomic E-state index is 0.0862. The van der Waals surface area contributed by atoms with Crippen molar-refractivity contribution < 1.29 is 4.79 Å². The van der Waals surface area contributed by atoms with E-state index in [-0.39, 0.29) is 6.03 Å². The van der Waals surface area contributed by atoms with Crippen molar-refractivity contribution in [2.24, 2.45) is 0 Å². The zero-order valence-corrected chi connectivity index (χ0v) is 8.39. The Morgan fingerprint density at radius 2 is 1.64 bits per heavy atom. The number of likely N-dealkylation sites (N-methyl/N-ethyl adjacent to an activating group) is 1. The van der Waals surface area contributed by atoms with Gasteiger partial charge in [-0.1, -0.05) is 0 Å². The van der Waals surface area contributed by atoms with Gasteiger partial charge in [-0.3, -0.25) is 4.57 Å². The van der Waals surface area contributed by atoms with Gasteiger partial charge in [-0.15, -0.1) is 0 Å². The van der Waals surface area contributed by atoms with Crippen LogP contribution in [0.25, 0.3) is 0 Å². The van der Waals surface area contributed by atoms with Crippen LogP contribution < -0.4 is 0 Å². The van der Waals surface area contributed by atoms with Crippen molar-refractivity contribution in [2.45, 2.75) is 0 Å². The predicted molar refractivity (Wildman–Crippen MR) is 54.3 cm³/mol. The van der Waals surface area contributed by atoms with Gasteiger partial charge in [0.15, 0.2) is 0 Å². The van der Waals surface area contributed by atoms with Crippen LogP contribution in [0.3, 0.4) is 0 Å². The largest absolute Gasteiger partial charge is 0.328 e. The molecule has 1 aliphatic rings. The molecule has 1 aromatic heterocycles. The van der Waals surface area contributed by atoms with Gasteiger partial charge < -0.3 is 9.80 Å². The molecular formula is C10H15N3O. The lowest BCUT2D eigenvalue weighted by molar-refractivity contribution is 0.155. The molecule has 1 fully saturated rings. The number of nitrogens with zero attached hydrogens (tertiary/aromatic N) is 3. The second kappa shape index (κ2) is 3.84. The fourth-order valence-electron chi connectivity index (χ4n) is 1.62. The van der Waals surface area contributed by atoms with Crippen LogP contribution >= 0.6 is 0 Å². The van der Waals surface area contributed by atoms with Crippen LogP contribution in [-0.2, 0) is 0 Å². The molecule has 0 spiro atoms. The molecule has 0 radical (unpaired) electrons. The van der Waals surface area contributed by atoms with E-state index in [0.717, 1.165) is 26.2 Å². The molecule has 2 rings (SSSR count). The highest BCUT2D eigenvalue weighted by atomic mass is 16.2. The predicted octanol–water partition coefficient (Wildman–Crippen LogP) is 0.704. The standard InChI is InChI=1S/C10H15N3O/c1-11-6-8-13(9-7-11)10(14)12-4-2-3-5-12/h2-5H,6-9H2,1H3. The van der Waals surface area contributed by atoms with Gasteiger partial charge in [0.05, 0.1) is 0 Å². The summed E-state index contributed by atoms with van der Waals surface area (Å²) >= 11 is 0. The summed E-state index contributed by atoms with van der Waals surface area (Å²) in [6.07, 6.45) is 3.58. The summed E-state index contributed by atoms with van der Waals surface area (Å²) in [4.78, 5) is 16.0. The maximum Gasteiger partial charge on any atom is 0.328 e. The average molecular weight is 193 g/mol. The summed E-state index contributed by atoms with van der Waals surface area (Å²) in [6, 6.07) is 3.82. The maximum atomic E-state index is 11.8. The van der Waals surface area contributed by atoms with Crippen LogP contribution in [0, 0.1) is 0 Å². The highest BCUT2D eigenvalue weighted by Gasteiger charge is 2.19. The lowest BCUT2D eigenvalue weighted by Crippen LogP contribution is -2.48. The molecule has 0 aromatic carbocycles. The molecular weight excluding hydrogens is 178 g/mol. The quantitative estimate of drug-likeness (QED) is 0.607. The number of piperazine rings is 1. The van der Waals surface area contributed by atoms with E-state index in [2.05, 4.69) is 11.9 Å². The van der Waals surface area contributed by atoms with Crippen molar-refractivity contribution in [3.05, 3.63) is 24.5 Å². The Kier molecular flexibility index (Phi) is 2.54. The van der Waals surface area contributed by atoms with Gasteiger partial charge in [0.1, 0.15) is 0 Å². The Bertz CT molecular complexity index is 299. The van der Waals surface area contributed by atoms with E-state index in [9.17, 15) is 4.79 Å². The van der Waals surface area contributed by atoms with E-state index in [4.69, 9.17) is 0 Å². The summed E-state index contributed by atoms with van der Waals surface area (Å²) in [5.74, 6) is 0. The summed E-state index contributed by atoms with van der Waals surface area (Å²) < 4.78 is 1.63. The summed E-state index contributed by atoms with van der Waals surface area (Å²) in [5.41, 5.74) is 0. The zero-order chi connectivity index (χ0) is 9.97. The third-order valence-electron chi connectivity index (χ3n) is 2.60. The number of hydrogen-bond acceptors (Lipinski definition) is 2. The van der Waals surface area contributed by atoms with Gasteiger partial charge in [-0.05, 0) is 19.2 Å². The first-order valence-corrected chi connectivity index (χ1v) is 4.88. The summed E-state index contributed by atoms with van der Waals surface area (Å²) in [6.45, 7) is 3.58. The van der Waals surface area contributed by atoms with Crippen molar-refractivity contribution in [3.8, 4) is 0 Å². The number of carbonyl (C=O) groups is 1.